The smallest absolute Gasteiger partial charge is 0.161 e. The van der Waals surface area contributed by atoms with Crippen molar-refractivity contribution >= 4 is 17.0 Å². The highest BCUT2D eigenvalue weighted by Crippen LogP contribution is 2.28. The molecule has 1 atom stereocenters. The van der Waals surface area contributed by atoms with Crippen LogP contribution in [0, 0.1) is 0 Å². The first-order valence-corrected chi connectivity index (χ1v) is 11.3. The third-order valence-corrected chi connectivity index (χ3v) is 5.62. The molecule has 0 bridgehead atoms. The summed E-state index contributed by atoms with van der Waals surface area (Å²) in [7, 11) is 5.46. The topological polar surface area (TPSA) is 65.5 Å². The van der Waals surface area contributed by atoms with Gasteiger partial charge in [-0.25, -0.2) is 0 Å². The number of carbonyl (C=O) groups is 1. The molecule has 3 rings (SSSR count). The van der Waals surface area contributed by atoms with Crippen molar-refractivity contribution in [3.63, 3.8) is 0 Å². The summed E-state index contributed by atoms with van der Waals surface area (Å²) < 4.78 is 11.3. The number of hydrogen-bond donors (Lipinski definition) is 1. The molecule has 1 fully saturated rings. The van der Waals surface area contributed by atoms with Gasteiger partial charge in [0.25, 0.3) is 0 Å². The number of benzene rings is 2. The van der Waals surface area contributed by atoms with E-state index in [2.05, 4.69) is 15.9 Å². The Balaban J connectivity index is 1.50. The fourth-order valence-corrected chi connectivity index (χ4v) is 3.99. The molecule has 1 aliphatic heterocycles. The Morgan fingerprint density at radius 2 is 1.85 bits per heavy atom. The Morgan fingerprint density at radius 3 is 2.52 bits per heavy atom. The average molecular weight is 454 g/mol. The molecular weight excluding hydrogens is 418 g/mol. The van der Waals surface area contributed by atoms with Gasteiger partial charge in [-0.3, -0.25) is 9.69 Å². The molecule has 0 radical (unpaired) electrons. The number of piperazine rings is 1. The lowest BCUT2D eigenvalue weighted by atomic mass is 10.0. The summed E-state index contributed by atoms with van der Waals surface area (Å²) in [5, 5.41) is 10.5. The Bertz CT molecular complexity index is 952. The molecular formula is C26H35N3O4. The van der Waals surface area contributed by atoms with Crippen molar-refractivity contribution in [3.05, 3.63) is 60.3 Å². The highest BCUT2D eigenvalue weighted by atomic mass is 16.5. The minimum atomic E-state index is -0.601. The zero-order valence-corrected chi connectivity index (χ0v) is 20.0. The Labute approximate surface area is 196 Å². The average Bonchev–Trinajstić information content (AvgIpc) is 2.81. The number of carbonyl (C=O) groups excluding carboxylic acids is 1. The molecule has 178 valence electrons. The van der Waals surface area contributed by atoms with Gasteiger partial charge in [-0.2, -0.15) is 0 Å². The number of nitrogens with zero attached hydrogens (tertiary/aromatic N) is 3. The molecule has 33 heavy (non-hydrogen) atoms. The zero-order chi connectivity index (χ0) is 23.8. The van der Waals surface area contributed by atoms with Crippen molar-refractivity contribution < 1.29 is 19.4 Å². The summed E-state index contributed by atoms with van der Waals surface area (Å²) in [6, 6.07) is 15.5. The number of allylic oxidation sites excluding steroid dienone is 1. The van der Waals surface area contributed by atoms with Crippen LogP contribution in [0.2, 0.25) is 0 Å². The number of β-amino-alcohol motifs (C(OH)–C–C–N with tert-alkyl or cyclic N) is 1. The number of aliphatic hydroxyl groups excluding tert-OH is 1. The van der Waals surface area contributed by atoms with Crippen LogP contribution in [0.4, 0.5) is 5.69 Å². The maximum atomic E-state index is 12.0. The van der Waals surface area contributed by atoms with Crippen LogP contribution in [0.25, 0.3) is 5.57 Å². The second kappa shape index (κ2) is 11.7. The highest BCUT2D eigenvalue weighted by molar-refractivity contribution is 6.19. The Morgan fingerprint density at radius 1 is 1.12 bits per heavy atom. The molecule has 2 aromatic rings. The van der Waals surface area contributed by atoms with E-state index in [4.69, 9.17) is 9.47 Å². The lowest BCUT2D eigenvalue weighted by molar-refractivity contribution is -0.111. The molecule has 0 saturated carbocycles. The quantitative estimate of drug-likeness (QED) is 0.555. The number of para-hydroxylation sites is 2. The lowest BCUT2D eigenvalue weighted by Gasteiger charge is -2.37. The molecule has 0 aromatic heterocycles. The van der Waals surface area contributed by atoms with Gasteiger partial charge in [-0.05, 0) is 36.8 Å². The van der Waals surface area contributed by atoms with Crippen LogP contribution in [-0.2, 0) is 4.79 Å². The maximum absolute atomic E-state index is 12.0. The van der Waals surface area contributed by atoms with E-state index in [0.29, 0.717) is 17.9 Å². The number of hydrogen-bond acceptors (Lipinski definition) is 7. The van der Waals surface area contributed by atoms with E-state index in [1.54, 1.807) is 20.2 Å². The van der Waals surface area contributed by atoms with Crippen LogP contribution in [0.3, 0.4) is 0 Å². The van der Waals surface area contributed by atoms with Gasteiger partial charge >= 0.3 is 0 Å². The first kappa shape index (κ1) is 24.6. The second-order valence-corrected chi connectivity index (χ2v) is 8.51. The van der Waals surface area contributed by atoms with Gasteiger partial charge in [0.1, 0.15) is 24.2 Å². The minimum Gasteiger partial charge on any atom is -0.495 e. The van der Waals surface area contributed by atoms with E-state index in [1.165, 1.54) is 0 Å². The number of methoxy groups -OCH3 is 1. The molecule has 1 unspecified atom stereocenters. The van der Waals surface area contributed by atoms with Crippen molar-refractivity contribution in [1.29, 1.82) is 0 Å². The van der Waals surface area contributed by atoms with Crippen LogP contribution >= 0.6 is 0 Å². The number of rotatable bonds is 10. The molecule has 2 aromatic carbocycles. The van der Waals surface area contributed by atoms with Crippen LogP contribution in [-0.4, -0.2) is 87.3 Å². The van der Waals surface area contributed by atoms with Crippen molar-refractivity contribution in [3.8, 4) is 11.5 Å². The molecule has 7 heteroatoms. The maximum Gasteiger partial charge on any atom is 0.161 e. The molecule has 1 N–H and O–H groups in total. The van der Waals surface area contributed by atoms with E-state index >= 15 is 0 Å². The van der Waals surface area contributed by atoms with Crippen molar-refractivity contribution in [2.75, 3.05) is 65.4 Å². The second-order valence-electron chi connectivity index (χ2n) is 8.51. The lowest BCUT2D eigenvalue weighted by Crippen LogP contribution is -2.49. The molecule has 0 aliphatic carbocycles. The largest absolute Gasteiger partial charge is 0.495 e. The summed E-state index contributed by atoms with van der Waals surface area (Å²) in [4.78, 5) is 18.5. The predicted molar refractivity (Wildman–Crippen MR) is 132 cm³/mol. The third-order valence-electron chi connectivity index (χ3n) is 5.62. The highest BCUT2D eigenvalue weighted by Gasteiger charge is 2.21. The Kier molecular flexibility index (Phi) is 8.74. The molecule has 1 saturated heterocycles. The standard InChI is InChI=1S/C26H35N3O4/c1-20(30)24(18-27(2)3)21-8-7-9-23(16-21)33-19-22(31)17-28-12-14-29(15-13-28)25-10-5-6-11-26(25)32-4/h5-11,16,18,22,31H,12-15,17,19H2,1-4H3. The first-order chi connectivity index (χ1) is 15.9. The van der Waals surface area contributed by atoms with Crippen LogP contribution < -0.4 is 14.4 Å². The van der Waals surface area contributed by atoms with E-state index in [-0.39, 0.29) is 12.4 Å². The van der Waals surface area contributed by atoms with E-state index < -0.39 is 6.10 Å². The van der Waals surface area contributed by atoms with Gasteiger partial charge in [-0.15, -0.1) is 0 Å². The fourth-order valence-electron chi connectivity index (χ4n) is 3.99. The molecule has 1 heterocycles. The van der Waals surface area contributed by atoms with Crippen molar-refractivity contribution in [1.82, 2.24) is 9.80 Å². The van der Waals surface area contributed by atoms with Gasteiger partial charge < -0.3 is 24.4 Å². The summed E-state index contributed by atoms with van der Waals surface area (Å²) in [6.45, 7) is 5.79. The first-order valence-electron chi connectivity index (χ1n) is 11.3. The number of Topliss-reactive ketones (excluding diaryl/α,β-unsaturated/α-hetero) is 1. The van der Waals surface area contributed by atoms with E-state index in [1.807, 2.05) is 61.5 Å². The number of ketones is 1. The monoisotopic (exact) mass is 453 g/mol. The predicted octanol–water partition coefficient (Wildman–Crippen LogP) is 2.75. The van der Waals surface area contributed by atoms with Crippen LogP contribution in [0.5, 0.6) is 11.5 Å². The zero-order valence-electron chi connectivity index (χ0n) is 20.0. The van der Waals surface area contributed by atoms with E-state index in [0.717, 1.165) is 43.2 Å². The Hall–Kier alpha value is -3.03. The van der Waals surface area contributed by atoms with Gasteiger partial charge in [-0.1, -0.05) is 24.3 Å². The molecule has 1 aliphatic rings. The summed E-state index contributed by atoms with van der Waals surface area (Å²) >= 11 is 0. The van der Waals surface area contributed by atoms with E-state index in [9.17, 15) is 9.90 Å². The van der Waals surface area contributed by atoms with Crippen molar-refractivity contribution in [2.45, 2.75) is 13.0 Å². The number of anilines is 1. The van der Waals surface area contributed by atoms with Gasteiger partial charge in [0.2, 0.25) is 0 Å². The third kappa shape index (κ3) is 6.97. The van der Waals surface area contributed by atoms with Crippen molar-refractivity contribution in [2.24, 2.45) is 0 Å². The van der Waals surface area contributed by atoms with Gasteiger partial charge in [0.15, 0.2) is 5.78 Å². The number of ether oxygens (including phenoxy) is 2. The molecule has 0 spiro atoms. The SMILES string of the molecule is COc1ccccc1N1CCN(CC(O)COc2cccc(C(=CN(C)C)C(C)=O)c2)CC1. The van der Waals surface area contributed by atoms with Gasteiger partial charge in [0.05, 0.1) is 12.8 Å². The van der Waals surface area contributed by atoms with Gasteiger partial charge in [0, 0.05) is 58.6 Å². The summed E-state index contributed by atoms with van der Waals surface area (Å²) in [6.07, 6.45) is 1.21. The fraction of sp³-hybridized carbons (Fsp3) is 0.423. The summed E-state index contributed by atoms with van der Waals surface area (Å²) in [5.74, 6) is 1.52. The van der Waals surface area contributed by atoms with Crippen LogP contribution in [0.15, 0.2) is 54.7 Å². The minimum absolute atomic E-state index is 0.00634. The number of aliphatic hydroxyl groups is 1. The molecule has 7 nitrogen and oxygen atoms in total. The molecule has 0 amide bonds. The summed E-state index contributed by atoms with van der Waals surface area (Å²) in [5.41, 5.74) is 2.53. The van der Waals surface area contributed by atoms with Crippen LogP contribution in [0.1, 0.15) is 12.5 Å². The normalized spacial score (nSPS) is 15.8.